The predicted molar refractivity (Wildman–Crippen MR) is 101 cm³/mol. The Balaban J connectivity index is 1.48. The van der Waals surface area contributed by atoms with E-state index in [1.54, 1.807) is 23.1 Å². The van der Waals surface area contributed by atoms with Crippen LogP contribution in [0.25, 0.3) is 22.2 Å². The Morgan fingerprint density at radius 3 is 2.82 bits per heavy atom. The molecule has 6 heteroatoms. The first kappa shape index (κ1) is 16.7. The maximum Gasteiger partial charge on any atom is 0.290 e. The number of carbonyl (C=O) groups is 1. The Labute approximate surface area is 160 Å². The molecule has 5 rings (SSSR count). The van der Waals surface area contributed by atoms with E-state index in [9.17, 15) is 9.18 Å². The lowest BCUT2D eigenvalue weighted by molar-refractivity contribution is 0.0684. The molecule has 5 nitrogen and oxygen atoms in total. The molecule has 1 amide bonds. The fourth-order valence-corrected chi connectivity index (χ4v) is 3.74. The van der Waals surface area contributed by atoms with Gasteiger partial charge in [0.1, 0.15) is 17.4 Å². The molecule has 4 aromatic rings. The van der Waals surface area contributed by atoms with E-state index in [1.807, 2.05) is 24.3 Å². The first-order chi connectivity index (χ1) is 13.7. The molecule has 2 aromatic carbocycles. The van der Waals surface area contributed by atoms with Crippen molar-refractivity contribution >= 4 is 17.0 Å². The van der Waals surface area contributed by atoms with Gasteiger partial charge in [0.2, 0.25) is 5.89 Å². The van der Waals surface area contributed by atoms with Crippen LogP contribution in [0.2, 0.25) is 0 Å². The molecule has 1 atom stereocenters. The normalized spacial score (nSPS) is 16.8. The second kappa shape index (κ2) is 6.64. The molecule has 2 aromatic heterocycles. The fourth-order valence-electron chi connectivity index (χ4n) is 3.74. The van der Waals surface area contributed by atoms with E-state index in [2.05, 4.69) is 4.98 Å². The van der Waals surface area contributed by atoms with Crippen molar-refractivity contribution in [3.63, 3.8) is 0 Å². The van der Waals surface area contributed by atoms with E-state index < -0.39 is 0 Å². The van der Waals surface area contributed by atoms with Gasteiger partial charge < -0.3 is 13.7 Å². The molecule has 0 saturated carbocycles. The summed E-state index contributed by atoms with van der Waals surface area (Å²) >= 11 is 0. The Morgan fingerprint density at radius 2 is 2.00 bits per heavy atom. The van der Waals surface area contributed by atoms with Crippen molar-refractivity contribution in [1.82, 2.24) is 9.88 Å². The zero-order valence-electron chi connectivity index (χ0n) is 15.0. The van der Waals surface area contributed by atoms with Crippen LogP contribution in [0.15, 0.2) is 69.7 Å². The number of benzene rings is 2. The van der Waals surface area contributed by atoms with Gasteiger partial charge in [-0.05, 0) is 60.4 Å². The molecule has 0 N–H and O–H groups in total. The summed E-state index contributed by atoms with van der Waals surface area (Å²) < 4.78 is 24.7. The third kappa shape index (κ3) is 2.87. The van der Waals surface area contributed by atoms with Crippen molar-refractivity contribution in [3.05, 3.63) is 78.3 Å². The molecule has 3 heterocycles. The third-order valence-corrected chi connectivity index (χ3v) is 5.09. The van der Waals surface area contributed by atoms with Gasteiger partial charge in [0, 0.05) is 6.54 Å². The predicted octanol–water partition coefficient (Wildman–Crippen LogP) is 5.20. The van der Waals surface area contributed by atoms with Crippen LogP contribution < -0.4 is 0 Å². The van der Waals surface area contributed by atoms with Gasteiger partial charge in [0.25, 0.3) is 5.91 Å². The number of halogens is 1. The summed E-state index contributed by atoms with van der Waals surface area (Å²) in [6, 6.07) is 15.2. The minimum Gasteiger partial charge on any atom is -0.459 e. The van der Waals surface area contributed by atoms with Crippen molar-refractivity contribution < 1.29 is 18.0 Å². The molecule has 0 spiro atoms. The Hall–Kier alpha value is -3.41. The van der Waals surface area contributed by atoms with Gasteiger partial charge >= 0.3 is 0 Å². The highest BCUT2D eigenvalue weighted by molar-refractivity contribution is 5.92. The standard InChI is InChI=1S/C22H17FN2O3/c23-16-5-1-4-14(12-16)15-8-9-19-17(13-15)24-21(28-19)18-6-2-10-25(18)22(26)20-7-3-11-27-20/h1,3-5,7-9,11-13,18H,2,6,10H2/t18-/m1/s1. The van der Waals surface area contributed by atoms with E-state index in [0.29, 0.717) is 29.3 Å². The summed E-state index contributed by atoms with van der Waals surface area (Å²) in [4.78, 5) is 19.1. The van der Waals surface area contributed by atoms with Crippen LogP contribution >= 0.6 is 0 Å². The minimum atomic E-state index is -0.281. The zero-order valence-corrected chi connectivity index (χ0v) is 15.0. The molecule has 0 radical (unpaired) electrons. The van der Waals surface area contributed by atoms with Crippen LogP contribution in [0, 0.1) is 5.82 Å². The number of hydrogen-bond donors (Lipinski definition) is 0. The number of nitrogens with zero attached hydrogens (tertiary/aromatic N) is 2. The lowest BCUT2D eigenvalue weighted by Crippen LogP contribution is -2.30. The van der Waals surface area contributed by atoms with E-state index in [1.165, 1.54) is 18.4 Å². The van der Waals surface area contributed by atoms with E-state index in [0.717, 1.165) is 24.0 Å². The van der Waals surface area contributed by atoms with Crippen molar-refractivity contribution in [2.45, 2.75) is 18.9 Å². The van der Waals surface area contributed by atoms with Crippen molar-refractivity contribution in [2.75, 3.05) is 6.54 Å². The van der Waals surface area contributed by atoms with Crippen LogP contribution in [0.1, 0.15) is 35.3 Å². The molecular weight excluding hydrogens is 359 g/mol. The van der Waals surface area contributed by atoms with Crippen molar-refractivity contribution in [2.24, 2.45) is 0 Å². The van der Waals surface area contributed by atoms with E-state index >= 15 is 0 Å². The highest BCUT2D eigenvalue weighted by Gasteiger charge is 2.35. The van der Waals surface area contributed by atoms with Gasteiger partial charge in [0.05, 0.1) is 6.26 Å². The minimum absolute atomic E-state index is 0.157. The molecule has 28 heavy (non-hydrogen) atoms. The van der Waals surface area contributed by atoms with Gasteiger partial charge in [-0.25, -0.2) is 9.37 Å². The lowest BCUT2D eigenvalue weighted by atomic mass is 10.1. The number of hydrogen-bond acceptors (Lipinski definition) is 4. The monoisotopic (exact) mass is 376 g/mol. The Morgan fingerprint density at radius 1 is 1.11 bits per heavy atom. The van der Waals surface area contributed by atoms with Gasteiger partial charge in [0.15, 0.2) is 11.3 Å². The zero-order chi connectivity index (χ0) is 19.1. The fraction of sp³-hybridized carbons (Fsp3) is 0.182. The number of oxazole rings is 1. The van der Waals surface area contributed by atoms with Crippen molar-refractivity contribution in [3.8, 4) is 11.1 Å². The van der Waals surface area contributed by atoms with Crippen LogP contribution in [-0.2, 0) is 0 Å². The van der Waals surface area contributed by atoms with Gasteiger partial charge in [-0.1, -0.05) is 18.2 Å². The van der Waals surface area contributed by atoms with E-state index in [4.69, 9.17) is 8.83 Å². The average Bonchev–Trinajstić information content (AvgIpc) is 3.46. The highest BCUT2D eigenvalue weighted by Crippen LogP contribution is 2.35. The maximum absolute atomic E-state index is 13.5. The number of furan rings is 1. The smallest absolute Gasteiger partial charge is 0.290 e. The number of carbonyl (C=O) groups excluding carboxylic acids is 1. The van der Waals surface area contributed by atoms with Crippen LogP contribution in [-0.4, -0.2) is 22.3 Å². The first-order valence-corrected chi connectivity index (χ1v) is 9.20. The Kier molecular flexibility index (Phi) is 3.97. The quantitative estimate of drug-likeness (QED) is 0.493. The summed E-state index contributed by atoms with van der Waals surface area (Å²) in [7, 11) is 0. The number of fused-ring (bicyclic) bond motifs is 1. The van der Waals surface area contributed by atoms with E-state index in [-0.39, 0.29) is 17.8 Å². The molecule has 1 aliphatic heterocycles. The molecular formula is C22H17FN2O3. The molecule has 0 aliphatic carbocycles. The van der Waals surface area contributed by atoms with Crippen LogP contribution in [0.5, 0.6) is 0 Å². The van der Waals surface area contributed by atoms with Crippen LogP contribution in [0.3, 0.4) is 0 Å². The summed E-state index contributed by atoms with van der Waals surface area (Å²) in [5, 5.41) is 0. The second-order valence-corrected chi connectivity index (χ2v) is 6.88. The Bertz CT molecular complexity index is 1150. The molecule has 0 unspecified atom stereocenters. The summed E-state index contributed by atoms with van der Waals surface area (Å²) in [6.07, 6.45) is 3.16. The summed E-state index contributed by atoms with van der Waals surface area (Å²) in [5.74, 6) is 0.395. The third-order valence-electron chi connectivity index (χ3n) is 5.09. The van der Waals surface area contributed by atoms with Crippen molar-refractivity contribution in [1.29, 1.82) is 0 Å². The lowest BCUT2D eigenvalue weighted by Gasteiger charge is -2.20. The summed E-state index contributed by atoms with van der Waals surface area (Å²) in [6.45, 7) is 0.636. The van der Waals surface area contributed by atoms with Gasteiger partial charge in [-0.3, -0.25) is 4.79 Å². The highest BCUT2D eigenvalue weighted by atomic mass is 19.1. The number of aromatic nitrogens is 1. The maximum atomic E-state index is 13.5. The molecule has 140 valence electrons. The van der Waals surface area contributed by atoms with Crippen LogP contribution in [0.4, 0.5) is 4.39 Å². The molecule has 0 bridgehead atoms. The average molecular weight is 376 g/mol. The molecule has 1 aliphatic rings. The number of amides is 1. The first-order valence-electron chi connectivity index (χ1n) is 9.20. The molecule has 1 saturated heterocycles. The summed E-state index contributed by atoms with van der Waals surface area (Å²) in [5.41, 5.74) is 2.98. The SMILES string of the molecule is O=C(c1ccco1)N1CCC[C@@H]1c1nc2cc(-c3cccc(F)c3)ccc2o1. The second-order valence-electron chi connectivity index (χ2n) is 6.88. The largest absolute Gasteiger partial charge is 0.459 e. The van der Waals surface area contributed by atoms with Gasteiger partial charge in [-0.15, -0.1) is 0 Å². The van der Waals surface area contributed by atoms with Gasteiger partial charge in [-0.2, -0.15) is 0 Å². The number of rotatable bonds is 3. The molecule has 1 fully saturated rings. The topological polar surface area (TPSA) is 59.5 Å². The number of likely N-dealkylation sites (tertiary alicyclic amines) is 1.